The zero-order chi connectivity index (χ0) is 16.3. The van der Waals surface area contributed by atoms with Crippen molar-refractivity contribution in [1.82, 2.24) is 15.5 Å². The molecule has 0 spiro atoms. The lowest BCUT2D eigenvalue weighted by atomic mass is 9.91. The molecule has 3 atom stereocenters. The van der Waals surface area contributed by atoms with E-state index in [1.54, 1.807) is 4.90 Å². The van der Waals surface area contributed by atoms with E-state index in [0.29, 0.717) is 37.5 Å². The molecule has 6 nitrogen and oxygen atoms in total. The molecule has 0 unspecified atom stereocenters. The van der Waals surface area contributed by atoms with Crippen LogP contribution >= 0.6 is 11.8 Å². The Balaban J connectivity index is 1.97. The van der Waals surface area contributed by atoms with Gasteiger partial charge in [0, 0.05) is 12.6 Å². The second-order valence-corrected chi connectivity index (χ2v) is 7.33. The summed E-state index contributed by atoms with van der Waals surface area (Å²) in [4.78, 5) is 38.2. The van der Waals surface area contributed by atoms with E-state index in [1.165, 1.54) is 11.8 Å². The van der Waals surface area contributed by atoms with Gasteiger partial charge in [0.05, 0.1) is 5.75 Å². The number of thioether (sulfide) groups is 1. The fraction of sp³-hybridized carbons (Fsp3) is 0.800. The predicted molar refractivity (Wildman–Crippen MR) is 86.4 cm³/mol. The van der Waals surface area contributed by atoms with Gasteiger partial charge in [-0.15, -0.1) is 0 Å². The van der Waals surface area contributed by atoms with Gasteiger partial charge < -0.3 is 15.5 Å². The van der Waals surface area contributed by atoms with Crippen LogP contribution in [0.5, 0.6) is 0 Å². The molecule has 3 amide bonds. The van der Waals surface area contributed by atoms with E-state index < -0.39 is 12.1 Å². The summed E-state index contributed by atoms with van der Waals surface area (Å²) in [7, 11) is 0. The quantitative estimate of drug-likeness (QED) is 0.765. The normalized spacial score (nSPS) is 28.4. The third kappa shape index (κ3) is 3.94. The maximum Gasteiger partial charge on any atom is 0.245 e. The first-order valence-corrected chi connectivity index (χ1v) is 9.21. The number of piperazine rings is 1. The topological polar surface area (TPSA) is 78.5 Å². The van der Waals surface area contributed by atoms with Gasteiger partial charge in [0.1, 0.15) is 12.1 Å². The number of fused-ring (bicyclic) bond motifs is 1. The zero-order valence-corrected chi connectivity index (χ0v) is 14.2. The number of carbonyl (C=O) groups is 3. The van der Waals surface area contributed by atoms with Crippen LogP contribution in [0.3, 0.4) is 0 Å². The minimum atomic E-state index is -0.441. The monoisotopic (exact) mass is 327 g/mol. The van der Waals surface area contributed by atoms with Crippen molar-refractivity contribution in [2.75, 3.05) is 18.6 Å². The van der Waals surface area contributed by atoms with Gasteiger partial charge in [-0.05, 0) is 31.4 Å². The molecular formula is C15H25N3O3S. The molecule has 7 heteroatoms. The van der Waals surface area contributed by atoms with Crippen molar-refractivity contribution in [3.63, 3.8) is 0 Å². The SMILES string of the molecule is CSCC(=O)N[C@H]1CCN2C(=O)[C@@H](CC(C)C)NC(=O)[C@@H]2C1. The molecular weight excluding hydrogens is 302 g/mol. The van der Waals surface area contributed by atoms with Crippen molar-refractivity contribution in [3.05, 3.63) is 0 Å². The summed E-state index contributed by atoms with van der Waals surface area (Å²) in [5.74, 6) is 0.702. The van der Waals surface area contributed by atoms with E-state index in [2.05, 4.69) is 10.6 Å². The lowest BCUT2D eigenvalue weighted by molar-refractivity contribution is -0.152. The number of nitrogens with one attached hydrogen (secondary N) is 2. The van der Waals surface area contributed by atoms with Crippen LogP contribution in [0.1, 0.15) is 33.1 Å². The van der Waals surface area contributed by atoms with Crippen molar-refractivity contribution < 1.29 is 14.4 Å². The maximum atomic E-state index is 12.5. The summed E-state index contributed by atoms with van der Waals surface area (Å²) in [5, 5.41) is 5.80. The number of amides is 3. The van der Waals surface area contributed by atoms with E-state index in [4.69, 9.17) is 0 Å². The summed E-state index contributed by atoms with van der Waals surface area (Å²) in [5.41, 5.74) is 0. The maximum absolute atomic E-state index is 12.5. The standard InChI is InChI=1S/C15H25N3O3S/c1-9(2)6-11-15(21)18-5-4-10(16-13(19)8-22-3)7-12(18)14(20)17-11/h9-12H,4-8H2,1-3H3,(H,16,19)(H,17,20)/t10-,11+,12-/m0/s1. The molecule has 0 saturated carbocycles. The number of hydrogen-bond donors (Lipinski definition) is 2. The Kier molecular flexibility index (Phi) is 5.72. The molecule has 2 saturated heterocycles. The van der Waals surface area contributed by atoms with E-state index in [0.717, 1.165) is 0 Å². The molecule has 22 heavy (non-hydrogen) atoms. The van der Waals surface area contributed by atoms with Crippen LogP contribution in [0.4, 0.5) is 0 Å². The van der Waals surface area contributed by atoms with Gasteiger partial charge in [-0.3, -0.25) is 14.4 Å². The molecule has 2 rings (SSSR count). The number of nitrogens with zero attached hydrogens (tertiary/aromatic N) is 1. The molecule has 0 aromatic rings. The number of hydrogen-bond acceptors (Lipinski definition) is 4. The third-order valence-corrected chi connectivity index (χ3v) is 4.70. The van der Waals surface area contributed by atoms with Crippen LogP contribution in [0, 0.1) is 5.92 Å². The van der Waals surface area contributed by atoms with E-state index >= 15 is 0 Å². The average molecular weight is 327 g/mol. The first-order valence-electron chi connectivity index (χ1n) is 7.81. The van der Waals surface area contributed by atoms with Gasteiger partial charge >= 0.3 is 0 Å². The number of rotatable bonds is 5. The lowest BCUT2D eigenvalue weighted by Crippen LogP contribution is -2.67. The molecule has 0 aliphatic carbocycles. The van der Waals surface area contributed by atoms with Crippen molar-refractivity contribution in [2.45, 2.75) is 51.2 Å². The molecule has 0 aromatic heterocycles. The minimum absolute atomic E-state index is 0.00817. The van der Waals surface area contributed by atoms with Crippen LogP contribution in [-0.4, -0.2) is 59.3 Å². The first-order chi connectivity index (χ1) is 10.4. The fourth-order valence-corrected chi connectivity index (χ4v) is 3.52. The predicted octanol–water partition coefficient (Wildman–Crippen LogP) is 0.370. The summed E-state index contributed by atoms with van der Waals surface area (Å²) < 4.78 is 0. The van der Waals surface area contributed by atoms with Crippen LogP contribution < -0.4 is 10.6 Å². The molecule has 2 heterocycles. The summed E-state index contributed by atoms with van der Waals surface area (Å²) in [6.07, 6.45) is 3.77. The van der Waals surface area contributed by atoms with E-state index in [9.17, 15) is 14.4 Å². The van der Waals surface area contributed by atoms with E-state index in [1.807, 2.05) is 20.1 Å². The summed E-state index contributed by atoms with van der Waals surface area (Å²) in [6.45, 7) is 4.62. The van der Waals surface area contributed by atoms with E-state index in [-0.39, 0.29) is 23.8 Å². The highest BCUT2D eigenvalue weighted by Crippen LogP contribution is 2.24. The van der Waals surface area contributed by atoms with Gasteiger partial charge in [0.2, 0.25) is 17.7 Å². The molecule has 0 bridgehead atoms. The Hall–Kier alpha value is -1.24. The Morgan fingerprint density at radius 3 is 2.82 bits per heavy atom. The molecule has 2 fully saturated rings. The lowest BCUT2D eigenvalue weighted by Gasteiger charge is -2.44. The highest BCUT2D eigenvalue weighted by molar-refractivity contribution is 7.99. The van der Waals surface area contributed by atoms with Gasteiger partial charge in [-0.2, -0.15) is 11.8 Å². The molecule has 2 aliphatic rings. The largest absolute Gasteiger partial charge is 0.352 e. The third-order valence-electron chi connectivity index (χ3n) is 4.15. The fourth-order valence-electron chi connectivity index (χ4n) is 3.17. The van der Waals surface area contributed by atoms with Gasteiger partial charge in [-0.1, -0.05) is 13.8 Å². The van der Waals surface area contributed by atoms with Crippen molar-refractivity contribution >= 4 is 29.5 Å². The number of carbonyl (C=O) groups excluding carboxylic acids is 3. The Morgan fingerprint density at radius 2 is 2.18 bits per heavy atom. The van der Waals surface area contributed by atoms with Gasteiger partial charge in [0.15, 0.2) is 0 Å². The van der Waals surface area contributed by atoms with Crippen LogP contribution in [0.2, 0.25) is 0 Å². The van der Waals surface area contributed by atoms with Crippen LogP contribution in [0.15, 0.2) is 0 Å². The highest BCUT2D eigenvalue weighted by Gasteiger charge is 2.43. The molecule has 2 aliphatic heterocycles. The number of piperidine rings is 1. The Bertz CT molecular complexity index is 455. The molecule has 0 aromatic carbocycles. The molecule has 0 radical (unpaired) electrons. The summed E-state index contributed by atoms with van der Waals surface area (Å²) >= 11 is 1.47. The molecule has 124 valence electrons. The summed E-state index contributed by atoms with van der Waals surface area (Å²) in [6, 6.07) is -0.864. The zero-order valence-electron chi connectivity index (χ0n) is 13.4. The van der Waals surface area contributed by atoms with Gasteiger partial charge in [-0.25, -0.2) is 0 Å². The minimum Gasteiger partial charge on any atom is -0.352 e. The van der Waals surface area contributed by atoms with Gasteiger partial charge in [0.25, 0.3) is 0 Å². The second-order valence-electron chi connectivity index (χ2n) is 6.46. The smallest absolute Gasteiger partial charge is 0.245 e. The average Bonchev–Trinajstić information content (AvgIpc) is 2.44. The Morgan fingerprint density at radius 1 is 1.45 bits per heavy atom. The second kappa shape index (κ2) is 7.35. The highest BCUT2D eigenvalue weighted by atomic mass is 32.2. The van der Waals surface area contributed by atoms with Crippen LogP contribution in [-0.2, 0) is 14.4 Å². The first kappa shape index (κ1) is 17.1. The van der Waals surface area contributed by atoms with Crippen molar-refractivity contribution in [3.8, 4) is 0 Å². The Labute approximate surface area is 135 Å². The van der Waals surface area contributed by atoms with Crippen molar-refractivity contribution in [1.29, 1.82) is 0 Å². The van der Waals surface area contributed by atoms with Crippen LogP contribution in [0.25, 0.3) is 0 Å². The molecule has 2 N–H and O–H groups in total. The van der Waals surface area contributed by atoms with Crippen molar-refractivity contribution in [2.24, 2.45) is 5.92 Å².